The number of hydrogen-bond acceptors (Lipinski definition) is 3. The highest BCUT2D eigenvalue weighted by atomic mass is 32.2. The van der Waals surface area contributed by atoms with Crippen LogP contribution in [0.4, 0.5) is 0 Å². The molecule has 0 spiro atoms. The van der Waals surface area contributed by atoms with Gasteiger partial charge < -0.3 is 9.04 Å². The molecule has 0 saturated carbocycles. The average molecular weight is 792 g/mol. The van der Waals surface area contributed by atoms with Crippen molar-refractivity contribution in [3.8, 4) is 0 Å². The van der Waals surface area contributed by atoms with E-state index in [-0.39, 0.29) is 4.90 Å². The summed E-state index contributed by atoms with van der Waals surface area (Å²) in [5.74, 6) is 0. The van der Waals surface area contributed by atoms with Crippen molar-refractivity contribution in [3.63, 3.8) is 0 Å². The van der Waals surface area contributed by atoms with Crippen molar-refractivity contribution < 1.29 is 17.5 Å². The van der Waals surface area contributed by atoms with E-state index in [9.17, 15) is 13.0 Å². The first-order valence-electron chi connectivity index (χ1n) is 24.5. The van der Waals surface area contributed by atoms with E-state index in [1.54, 1.807) is 12.1 Å². The lowest BCUT2D eigenvalue weighted by atomic mass is 10.0. The molecule has 1 rings (SSSR count). The molecule has 0 unspecified atom stereocenters. The van der Waals surface area contributed by atoms with Crippen LogP contribution in [0.1, 0.15) is 257 Å². The lowest BCUT2D eigenvalue weighted by Gasteiger charge is -2.35. The van der Waals surface area contributed by atoms with Crippen LogP contribution in [0.3, 0.4) is 0 Å². The summed E-state index contributed by atoms with van der Waals surface area (Å²) >= 11 is 0. The zero-order chi connectivity index (χ0) is 40.6. The summed E-state index contributed by atoms with van der Waals surface area (Å²) < 4.78 is 32.5. The Morgan fingerprint density at radius 2 is 0.582 bits per heavy atom. The van der Waals surface area contributed by atoms with Gasteiger partial charge in [-0.15, -0.1) is 0 Å². The molecular weight excluding hydrogens is 695 g/mol. The zero-order valence-electron chi connectivity index (χ0n) is 38.0. The van der Waals surface area contributed by atoms with Gasteiger partial charge in [0.25, 0.3) is 0 Å². The van der Waals surface area contributed by atoms with Crippen LogP contribution in [0.2, 0.25) is 0 Å². The molecule has 0 aliphatic carbocycles. The van der Waals surface area contributed by atoms with Crippen LogP contribution in [-0.2, 0) is 10.1 Å². The fourth-order valence-corrected chi connectivity index (χ4v) is 8.51. The predicted molar refractivity (Wildman–Crippen MR) is 243 cm³/mol. The summed E-state index contributed by atoms with van der Waals surface area (Å²) in [4.78, 5) is -0.178. The van der Waals surface area contributed by atoms with Gasteiger partial charge in [-0.25, -0.2) is 8.42 Å². The monoisotopic (exact) mass is 792 g/mol. The Balaban J connectivity index is 0.00000225. The van der Waals surface area contributed by atoms with Crippen LogP contribution in [0.25, 0.3) is 0 Å². The molecule has 4 nitrogen and oxygen atoms in total. The Kier molecular flexibility index (Phi) is 39.2. The highest BCUT2D eigenvalue weighted by molar-refractivity contribution is 7.85. The maximum Gasteiger partial charge on any atom is 0.124 e. The van der Waals surface area contributed by atoms with Gasteiger partial charge in [-0.2, -0.15) is 0 Å². The molecule has 0 aliphatic rings. The topological polar surface area (TPSA) is 57.2 Å². The van der Waals surface area contributed by atoms with Gasteiger partial charge in [0.1, 0.15) is 10.1 Å². The first kappa shape index (κ1) is 54.1. The van der Waals surface area contributed by atoms with E-state index in [4.69, 9.17) is 0 Å². The van der Waals surface area contributed by atoms with Gasteiger partial charge in [-0.1, -0.05) is 231 Å². The van der Waals surface area contributed by atoms with Gasteiger partial charge in [-0.3, -0.25) is 0 Å². The molecule has 1 aromatic rings. The standard InChI is InChI=1S/C43H90N.C7H8O3S/c1-5-8-11-14-17-20-23-26-29-32-35-38-41-44(4,42-39-36-33-30-27-24-21-18-15-12-9-6-2)43-40-37-34-31-28-25-22-19-16-13-10-7-3;1-6-2-4-7(5-3-6)11(8,9)10/h5-43H2,1-4H3;2-5H,1H3,(H,8,9,10)/q+1;/p-1. The van der Waals surface area contributed by atoms with E-state index in [0.29, 0.717) is 0 Å². The smallest absolute Gasteiger partial charge is 0.124 e. The van der Waals surface area contributed by atoms with E-state index < -0.39 is 10.1 Å². The maximum absolute atomic E-state index is 10.4. The molecule has 0 atom stereocenters. The largest absolute Gasteiger partial charge is 0.744 e. The SMILES string of the molecule is CCCCCCCCCCCCCC[N+](C)(CCCCCCCCCCCCCC)CCCCCCCCCCCCCC.Cc1ccc(S(=O)(=O)[O-])cc1. The van der Waals surface area contributed by atoms with Crippen molar-refractivity contribution in [2.75, 3.05) is 26.7 Å². The van der Waals surface area contributed by atoms with Gasteiger partial charge in [0.15, 0.2) is 0 Å². The normalized spacial score (nSPS) is 11.9. The second-order valence-corrected chi connectivity index (χ2v) is 19.1. The molecule has 0 N–H and O–H groups in total. The number of hydrogen-bond donors (Lipinski definition) is 0. The van der Waals surface area contributed by atoms with Crippen molar-refractivity contribution in [3.05, 3.63) is 29.8 Å². The van der Waals surface area contributed by atoms with Crippen molar-refractivity contribution >= 4 is 10.1 Å². The summed E-state index contributed by atoms with van der Waals surface area (Å²) in [6, 6.07) is 5.78. The summed E-state index contributed by atoms with van der Waals surface area (Å²) in [6.07, 6.45) is 52.7. The van der Waals surface area contributed by atoms with Crippen molar-refractivity contribution in [1.82, 2.24) is 0 Å². The fourth-order valence-electron chi connectivity index (χ4n) is 8.04. The van der Waals surface area contributed by atoms with Crippen molar-refractivity contribution in [1.29, 1.82) is 0 Å². The van der Waals surface area contributed by atoms with E-state index in [2.05, 4.69) is 27.8 Å². The summed E-state index contributed by atoms with van der Waals surface area (Å²) in [5.41, 5.74) is 0.928. The predicted octanol–water partition coefficient (Wildman–Crippen LogP) is 16.4. The van der Waals surface area contributed by atoms with E-state index in [1.807, 2.05) is 6.92 Å². The molecule has 0 saturated heterocycles. The van der Waals surface area contributed by atoms with E-state index in [0.717, 1.165) is 5.56 Å². The molecule has 0 fully saturated rings. The summed E-state index contributed by atoms with van der Waals surface area (Å²) in [6.45, 7) is 13.1. The third-order valence-electron chi connectivity index (χ3n) is 12.0. The van der Waals surface area contributed by atoms with Crippen LogP contribution in [-0.4, -0.2) is 44.1 Å². The van der Waals surface area contributed by atoms with Crippen molar-refractivity contribution in [2.24, 2.45) is 0 Å². The van der Waals surface area contributed by atoms with E-state index >= 15 is 0 Å². The van der Waals surface area contributed by atoms with Crippen LogP contribution in [0.15, 0.2) is 29.2 Å². The van der Waals surface area contributed by atoms with Gasteiger partial charge >= 0.3 is 0 Å². The molecule has 0 heterocycles. The highest BCUT2D eigenvalue weighted by Gasteiger charge is 2.20. The molecule has 0 radical (unpaired) electrons. The van der Waals surface area contributed by atoms with Crippen LogP contribution >= 0.6 is 0 Å². The quantitative estimate of drug-likeness (QED) is 0.0378. The average Bonchev–Trinajstić information content (AvgIpc) is 3.16. The summed E-state index contributed by atoms with van der Waals surface area (Å²) in [7, 11) is -1.65. The number of nitrogens with zero attached hydrogens (tertiary/aromatic N) is 1. The second-order valence-electron chi connectivity index (χ2n) is 17.7. The van der Waals surface area contributed by atoms with Crippen LogP contribution in [0, 0.1) is 6.92 Å². The lowest BCUT2D eigenvalue weighted by molar-refractivity contribution is -0.910. The first-order valence-corrected chi connectivity index (χ1v) is 26.0. The highest BCUT2D eigenvalue weighted by Crippen LogP contribution is 2.19. The molecule has 0 bridgehead atoms. The molecule has 55 heavy (non-hydrogen) atoms. The van der Waals surface area contributed by atoms with Gasteiger partial charge in [0.2, 0.25) is 0 Å². The third kappa shape index (κ3) is 38.4. The zero-order valence-corrected chi connectivity index (χ0v) is 38.8. The van der Waals surface area contributed by atoms with Gasteiger partial charge in [0.05, 0.1) is 31.6 Å². The molecule has 326 valence electrons. The van der Waals surface area contributed by atoms with Crippen molar-refractivity contribution in [2.45, 2.75) is 264 Å². The third-order valence-corrected chi connectivity index (χ3v) is 12.8. The fraction of sp³-hybridized carbons (Fsp3) is 0.880. The number of quaternary nitrogens is 1. The van der Waals surface area contributed by atoms with Gasteiger partial charge in [0, 0.05) is 0 Å². The number of unbranched alkanes of at least 4 members (excludes halogenated alkanes) is 33. The van der Waals surface area contributed by atoms with Gasteiger partial charge in [-0.05, 0) is 57.6 Å². The Bertz CT molecular complexity index is 939. The van der Waals surface area contributed by atoms with Crippen LogP contribution in [0.5, 0.6) is 0 Å². The molecule has 0 aromatic heterocycles. The Morgan fingerprint density at radius 3 is 0.782 bits per heavy atom. The molecular formula is C50H97NO3S. The summed E-state index contributed by atoms with van der Waals surface area (Å²) in [5, 5.41) is 0. The number of rotatable bonds is 40. The Hall–Kier alpha value is -0.910. The van der Waals surface area contributed by atoms with Crippen LogP contribution < -0.4 is 0 Å². The minimum absolute atomic E-state index is 0.178. The molecule has 0 amide bonds. The Morgan fingerprint density at radius 1 is 0.382 bits per heavy atom. The minimum Gasteiger partial charge on any atom is -0.744 e. The number of aryl methyl sites for hydroxylation is 1. The second kappa shape index (κ2) is 39.9. The van der Waals surface area contributed by atoms with E-state index in [1.165, 1.54) is 267 Å². The molecule has 5 heteroatoms. The molecule has 0 aliphatic heterocycles. The molecule has 1 aromatic carbocycles. The Labute approximate surface area is 346 Å². The maximum atomic E-state index is 10.4. The number of benzene rings is 1. The minimum atomic E-state index is -4.27. The lowest BCUT2D eigenvalue weighted by Crippen LogP contribution is -2.46. The first-order chi connectivity index (χ1) is 26.7.